The summed E-state index contributed by atoms with van der Waals surface area (Å²) in [7, 11) is 0. The van der Waals surface area contributed by atoms with Crippen LogP contribution in [0.15, 0.2) is 0 Å². The summed E-state index contributed by atoms with van der Waals surface area (Å²) >= 11 is 4.88. The Kier molecular flexibility index (Phi) is 3.22. The van der Waals surface area contributed by atoms with Crippen LogP contribution in [-0.4, -0.2) is 39.6 Å². The maximum Gasteiger partial charge on any atom is 0.320 e. The highest BCUT2D eigenvalue weighted by atomic mass is 32.1. The second kappa shape index (κ2) is 4.02. The van der Waals surface area contributed by atoms with E-state index in [1.807, 2.05) is 4.90 Å². The van der Waals surface area contributed by atoms with E-state index >= 15 is 0 Å². The van der Waals surface area contributed by atoms with Gasteiger partial charge in [0.15, 0.2) is 0 Å². The second-order valence-corrected chi connectivity index (χ2v) is 3.78. The van der Waals surface area contributed by atoms with E-state index in [9.17, 15) is 4.79 Å². The zero-order chi connectivity index (χ0) is 10.0. The predicted molar refractivity (Wildman–Crippen MR) is 53.6 cm³/mol. The molecule has 5 heteroatoms. The van der Waals surface area contributed by atoms with Crippen molar-refractivity contribution in [2.45, 2.75) is 31.8 Å². The fourth-order valence-electron chi connectivity index (χ4n) is 1.70. The summed E-state index contributed by atoms with van der Waals surface area (Å²) in [5.74, 6) is -0.817. The molecule has 0 amide bonds. The van der Waals surface area contributed by atoms with Crippen molar-refractivity contribution in [3.63, 3.8) is 0 Å². The minimum Gasteiger partial charge on any atom is -0.480 e. The van der Waals surface area contributed by atoms with Gasteiger partial charge in [-0.3, -0.25) is 9.69 Å². The van der Waals surface area contributed by atoms with Crippen LogP contribution in [0.2, 0.25) is 0 Å². The van der Waals surface area contributed by atoms with Gasteiger partial charge in [-0.15, -0.1) is 0 Å². The van der Waals surface area contributed by atoms with Gasteiger partial charge in [-0.05, 0) is 26.3 Å². The Morgan fingerprint density at radius 1 is 1.77 bits per heavy atom. The average Bonchev–Trinajstić information content (AvgIpc) is 2.50. The van der Waals surface area contributed by atoms with Crippen LogP contribution in [0.25, 0.3) is 0 Å². The van der Waals surface area contributed by atoms with E-state index in [4.69, 9.17) is 23.1 Å². The van der Waals surface area contributed by atoms with Gasteiger partial charge in [0.1, 0.15) is 6.04 Å². The van der Waals surface area contributed by atoms with Crippen LogP contribution in [-0.2, 0) is 4.79 Å². The molecule has 1 rings (SSSR count). The molecule has 1 fully saturated rings. The number of aliphatic carboxylic acids is 1. The molecule has 0 radical (unpaired) electrons. The van der Waals surface area contributed by atoms with E-state index in [-0.39, 0.29) is 6.04 Å². The third-order valence-electron chi connectivity index (χ3n) is 2.48. The smallest absolute Gasteiger partial charge is 0.320 e. The Bertz CT molecular complexity index is 232. The van der Waals surface area contributed by atoms with Gasteiger partial charge < -0.3 is 10.8 Å². The van der Waals surface area contributed by atoms with Gasteiger partial charge in [-0.1, -0.05) is 12.2 Å². The molecule has 0 aliphatic carbocycles. The first-order valence-corrected chi connectivity index (χ1v) is 4.72. The van der Waals surface area contributed by atoms with E-state index in [0.29, 0.717) is 4.99 Å². The monoisotopic (exact) mass is 202 g/mol. The predicted octanol–water partition coefficient (Wildman–Crippen LogP) is 0.210. The number of nitrogens with two attached hydrogens (primary N) is 1. The molecular weight excluding hydrogens is 188 g/mol. The van der Waals surface area contributed by atoms with Gasteiger partial charge in [-0.2, -0.15) is 0 Å². The number of rotatable bonds is 3. The first kappa shape index (κ1) is 10.4. The molecule has 0 aromatic rings. The number of carboxylic acids is 1. The number of nitrogens with zero attached hydrogens (tertiary/aromatic N) is 1. The fourth-order valence-corrected chi connectivity index (χ4v) is 1.95. The fraction of sp³-hybridized carbons (Fsp3) is 0.750. The summed E-state index contributed by atoms with van der Waals surface area (Å²) in [5, 5.41) is 8.82. The van der Waals surface area contributed by atoms with E-state index in [2.05, 4.69) is 0 Å². The van der Waals surface area contributed by atoms with Crippen LogP contribution in [0.5, 0.6) is 0 Å². The van der Waals surface area contributed by atoms with Crippen molar-refractivity contribution in [1.82, 2.24) is 4.90 Å². The zero-order valence-electron chi connectivity index (χ0n) is 7.56. The van der Waals surface area contributed by atoms with Crippen molar-refractivity contribution in [2.75, 3.05) is 6.54 Å². The number of carbonyl (C=O) groups is 1. The third-order valence-corrected chi connectivity index (χ3v) is 2.75. The van der Waals surface area contributed by atoms with Crippen LogP contribution in [0.4, 0.5) is 0 Å². The van der Waals surface area contributed by atoms with E-state index in [0.717, 1.165) is 19.4 Å². The summed E-state index contributed by atoms with van der Waals surface area (Å²) in [4.78, 5) is 13.0. The first-order chi connectivity index (χ1) is 6.04. The van der Waals surface area contributed by atoms with E-state index in [1.165, 1.54) is 0 Å². The van der Waals surface area contributed by atoms with Crippen molar-refractivity contribution in [2.24, 2.45) is 5.73 Å². The summed E-state index contributed by atoms with van der Waals surface area (Å²) in [6, 6.07) is -0.518. The molecule has 2 atom stereocenters. The lowest BCUT2D eigenvalue weighted by Gasteiger charge is -2.26. The van der Waals surface area contributed by atoms with Gasteiger partial charge in [0.2, 0.25) is 0 Å². The molecule has 3 N–H and O–H groups in total. The highest BCUT2D eigenvalue weighted by molar-refractivity contribution is 7.80. The molecule has 0 spiro atoms. The number of hydrogen-bond acceptors (Lipinski definition) is 3. The standard InChI is InChI=1S/C8H14N2O2S/c1-5(8(11)12)10-4-2-3-6(10)7(9)13/h5-6H,2-4H2,1H3,(H2,9,13)(H,11,12). The maximum atomic E-state index is 10.7. The van der Waals surface area contributed by atoms with Crippen LogP contribution in [0.1, 0.15) is 19.8 Å². The molecule has 1 aliphatic rings. The van der Waals surface area contributed by atoms with Crippen LogP contribution < -0.4 is 5.73 Å². The summed E-state index contributed by atoms with van der Waals surface area (Å²) < 4.78 is 0. The lowest BCUT2D eigenvalue weighted by atomic mass is 10.2. The molecule has 1 heterocycles. The Balaban J connectivity index is 2.68. The van der Waals surface area contributed by atoms with Crippen molar-refractivity contribution in [3.05, 3.63) is 0 Å². The van der Waals surface area contributed by atoms with Gasteiger partial charge in [-0.25, -0.2) is 0 Å². The lowest BCUT2D eigenvalue weighted by molar-refractivity contribution is -0.142. The first-order valence-electron chi connectivity index (χ1n) is 4.32. The quantitative estimate of drug-likeness (QED) is 0.640. The van der Waals surface area contributed by atoms with Crippen LogP contribution in [0, 0.1) is 0 Å². The Hall–Kier alpha value is -0.680. The van der Waals surface area contributed by atoms with Gasteiger partial charge in [0.05, 0.1) is 11.0 Å². The summed E-state index contributed by atoms with van der Waals surface area (Å²) in [6.45, 7) is 2.44. The van der Waals surface area contributed by atoms with Gasteiger partial charge >= 0.3 is 5.97 Å². The summed E-state index contributed by atoms with van der Waals surface area (Å²) in [5.41, 5.74) is 5.52. The number of hydrogen-bond donors (Lipinski definition) is 2. The van der Waals surface area contributed by atoms with Gasteiger partial charge in [0.25, 0.3) is 0 Å². The highest BCUT2D eigenvalue weighted by Gasteiger charge is 2.33. The third kappa shape index (κ3) is 2.16. The molecule has 2 unspecified atom stereocenters. The molecule has 0 aromatic carbocycles. The largest absolute Gasteiger partial charge is 0.480 e. The number of likely N-dealkylation sites (tertiary alicyclic amines) is 1. The topological polar surface area (TPSA) is 66.6 Å². The minimum absolute atomic E-state index is 0.0268. The molecule has 0 aromatic heterocycles. The van der Waals surface area contributed by atoms with Crippen LogP contribution in [0.3, 0.4) is 0 Å². The lowest BCUT2D eigenvalue weighted by Crippen LogP contribution is -2.47. The Morgan fingerprint density at radius 3 is 2.85 bits per heavy atom. The number of carboxylic acid groups (broad SMARTS) is 1. The van der Waals surface area contributed by atoms with E-state index in [1.54, 1.807) is 6.92 Å². The Labute approximate surface area is 82.7 Å². The molecule has 74 valence electrons. The molecular formula is C8H14N2O2S. The normalized spacial score (nSPS) is 25.8. The van der Waals surface area contributed by atoms with Crippen molar-refractivity contribution in [1.29, 1.82) is 0 Å². The Morgan fingerprint density at radius 2 is 2.38 bits per heavy atom. The molecule has 0 saturated carbocycles. The molecule has 1 saturated heterocycles. The van der Waals surface area contributed by atoms with Crippen molar-refractivity contribution in [3.8, 4) is 0 Å². The molecule has 0 bridgehead atoms. The summed E-state index contributed by atoms with van der Waals surface area (Å²) in [6.07, 6.45) is 1.85. The maximum absolute atomic E-state index is 10.7. The van der Waals surface area contributed by atoms with Crippen molar-refractivity contribution >= 4 is 23.2 Å². The minimum atomic E-state index is -0.817. The van der Waals surface area contributed by atoms with E-state index < -0.39 is 12.0 Å². The molecule has 13 heavy (non-hydrogen) atoms. The average molecular weight is 202 g/mol. The number of thiocarbonyl (C=S) groups is 1. The second-order valence-electron chi connectivity index (χ2n) is 3.31. The molecule has 1 aliphatic heterocycles. The van der Waals surface area contributed by atoms with Crippen LogP contribution >= 0.6 is 12.2 Å². The van der Waals surface area contributed by atoms with Gasteiger partial charge in [0, 0.05) is 0 Å². The van der Waals surface area contributed by atoms with Crippen molar-refractivity contribution < 1.29 is 9.90 Å². The highest BCUT2D eigenvalue weighted by Crippen LogP contribution is 2.20. The zero-order valence-corrected chi connectivity index (χ0v) is 8.38. The molecule has 4 nitrogen and oxygen atoms in total. The SMILES string of the molecule is CC(C(=O)O)N1CCCC1C(N)=S.